The van der Waals surface area contributed by atoms with Gasteiger partial charge in [-0.25, -0.2) is 9.97 Å². The van der Waals surface area contributed by atoms with E-state index in [1.807, 2.05) is 10.9 Å². The Balaban J connectivity index is 2.12. The highest BCUT2D eigenvalue weighted by Crippen LogP contribution is 2.31. The summed E-state index contributed by atoms with van der Waals surface area (Å²) in [4.78, 5) is 30.9. The fourth-order valence-corrected chi connectivity index (χ4v) is 1.69. The zero-order valence-corrected chi connectivity index (χ0v) is 11.4. The fraction of sp³-hybridized carbons (Fsp3) is 0.0769. The Bertz CT molecular complexity index is 748. The number of hydrogen-bond donors (Lipinski definition) is 3. The first-order chi connectivity index (χ1) is 10.8. The first-order valence-electron chi connectivity index (χ1n) is 6.14. The van der Waals surface area contributed by atoms with Gasteiger partial charge in [-0.1, -0.05) is 12.1 Å². The molecule has 2 aromatic rings. The second-order valence-corrected chi connectivity index (χ2v) is 4.24. The second-order valence-electron chi connectivity index (χ2n) is 4.24. The highest BCUT2D eigenvalue weighted by molar-refractivity contribution is 6.00. The molecule has 0 radical (unpaired) electrons. The van der Waals surface area contributed by atoms with Crippen molar-refractivity contribution in [3.05, 3.63) is 53.5 Å². The third-order valence-corrected chi connectivity index (χ3v) is 2.71. The molecule has 0 fully saturated rings. The van der Waals surface area contributed by atoms with Crippen LogP contribution in [0.2, 0.25) is 0 Å². The Kier molecular flexibility index (Phi) is 4.44. The Morgan fingerprint density at radius 1 is 1.00 bits per heavy atom. The summed E-state index contributed by atoms with van der Waals surface area (Å²) in [7, 11) is 0. The van der Waals surface area contributed by atoms with Crippen molar-refractivity contribution < 1.29 is 22.8 Å². The number of nitrogens with zero attached hydrogens (tertiary/aromatic N) is 2. The smallest absolute Gasteiger partial charge is 0.382 e. The Hall–Kier alpha value is -3.17. The summed E-state index contributed by atoms with van der Waals surface area (Å²) >= 11 is 0. The maximum Gasteiger partial charge on any atom is 0.417 e. The molecular weight excluding hydrogens is 315 g/mol. The van der Waals surface area contributed by atoms with E-state index >= 15 is 0 Å². The van der Waals surface area contributed by atoms with Gasteiger partial charge in [0, 0.05) is 12.4 Å². The SMILES string of the molecule is Nc1nccnc1C(=O)NNC(=O)c1ccccc1C(F)(F)F. The third kappa shape index (κ3) is 3.73. The van der Waals surface area contributed by atoms with Crippen LogP contribution >= 0.6 is 0 Å². The number of hydrogen-bond acceptors (Lipinski definition) is 5. The Labute approximate surface area is 127 Å². The summed E-state index contributed by atoms with van der Waals surface area (Å²) in [6.07, 6.45) is -2.25. The van der Waals surface area contributed by atoms with E-state index in [9.17, 15) is 22.8 Å². The average Bonchev–Trinajstić information content (AvgIpc) is 2.52. The average molecular weight is 325 g/mol. The molecule has 2 amide bonds. The van der Waals surface area contributed by atoms with Gasteiger partial charge in [0.2, 0.25) is 0 Å². The van der Waals surface area contributed by atoms with Gasteiger partial charge in [0.05, 0.1) is 11.1 Å². The van der Waals surface area contributed by atoms with Gasteiger partial charge in [0.1, 0.15) is 0 Å². The van der Waals surface area contributed by atoms with Gasteiger partial charge in [0.25, 0.3) is 11.8 Å². The van der Waals surface area contributed by atoms with Gasteiger partial charge in [0.15, 0.2) is 11.5 Å². The second kappa shape index (κ2) is 6.30. The molecule has 2 rings (SSSR count). The number of hydrazine groups is 1. The summed E-state index contributed by atoms with van der Waals surface area (Å²) in [5.41, 5.74) is 7.21. The van der Waals surface area contributed by atoms with E-state index in [4.69, 9.17) is 5.73 Å². The number of aromatic nitrogens is 2. The van der Waals surface area contributed by atoms with Crippen LogP contribution in [0.25, 0.3) is 0 Å². The van der Waals surface area contributed by atoms with Crippen LogP contribution < -0.4 is 16.6 Å². The molecule has 10 heteroatoms. The maximum atomic E-state index is 12.8. The number of carbonyl (C=O) groups is 2. The molecule has 0 unspecified atom stereocenters. The minimum Gasteiger partial charge on any atom is -0.382 e. The molecule has 120 valence electrons. The highest BCUT2D eigenvalue weighted by atomic mass is 19.4. The van der Waals surface area contributed by atoms with E-state index in [0.717, 1.165) is 18.2 Å². The number of anilines is 1. The zero-order chi connectivity index (χ0) is 17.0. The number of nitrogen functional groups attached to an aromatic ring is 1. The van der Waals surface area contributed by atoms with Crippen LogP contribution in [0.5, 0.6) is 0 Å². The molecule has 0 aliphatic carbocycles. The number of nitrogens with one attached hydrogen (secondary N) is 2. The van der Waals surface area contributed by atoms with Gasteiger partial charge in [-0.2, -0.15) is 13.2 Å². The lowest BCUT2D eigenvalue weighted by Gasteiger charge is -2.13. The van der Waals surface area contributed by atoms with Gasteiger partial charge >= 0.3 is 6.18 Å². The molecule has 7 nitrogen and oxygen atoms in total. The normalized spacial score (nSPS) is 10.9. The lowest BCUT2D eigenvalue weighted by molar-refractivity contribution is -0.137. The topological polar surface area (TPSA) is 110 Å². The van der Waals surface area contributed by atoms with Crippen LogP contribution in [0.1, 0.15) is 26.4 Å². The largest absolute Gasteiger partial charge is 0.417 e. The summed E-state index contributed by atoms with van der Waals surface area (Å²) in [6.45, 7) is 0. The van der Waals surface area contributed by atoms with E-state index in [0.29, 0.717) is 0 Å². The van der Waals surface area contributed by atoms with Crippen molar-refractivity contribution in [1.29, 1.82) is 0 Å². The molecule has 0 aliphatic heterocycles. The van der Waals surface area contributed by atoms with Crippen molar-refractivity contribution in [3.8, 4) is 0 Å². The molecule has 0 saturated carbocycles. The van der Waals surface area contributed by atoms with E-state index in [2.05, 4.69) is 9.97 Å². The van der Waals surface area contributed by atoms with Crippen LogP contribution in [-0.2, 0) is 6.18 Å². The standard InChI is InChI=1S/C13H10F3N5O2/c14-13(15,16)8-4-2-1-3-7(8)11(22)20-21-12(23)9-10(17)19-6-5-18-9/h1-6H,(H2,17,19)(H,20,22)(H,21,23). The molecule has 0 saturated heterocycles. The molecule has 23 heavy (non-hydrogen) atoms. The van der Waals surface area contributed by atoms with Gasteiger partial charge < -0.3 is 5.73 Å². The van der Waals surface area contributed by atoms with Crippen molar-refractivity contribution >= 4 is 17.6 Å². The summed E-state index contributed by atoms with van der Waals surface area (Å²) in [5.74, 6) is -2.22. The van der Waals surface area contributed by atoms with Crippen LogP contribution in [-0.4, -0.2) is 21.8 Å². The number of alkyl halides is 3. The number of nitrogens with two attached hydrogens (primary N) is 1. The Morgan fingerprint density at radius 2 is 1.61 bits per heavy atom. The van der Waals surface area contributed by atoms with Crippen molar-refractivity contribution in [2.24, 2.45) is 0 Å². The van der Waals surface area contributed by atoms with Crippen LogP contribution in [0.4, 0.5) is 19.0 Å². The number of carbonyl (C=O) groups excluding carboxylic acids is 2. The molecule has 1 aromatic heterocycles. The predicted octanol–water partition coefficient (Wildman–Crippen LogP) is 1.15. The maximum absolute atomic E-state index is 12.8. The van der Waals surface area contributed by atoms with Gasteiger partial charge in [-0.15, -0.1) is 0 Å². The van der Waals surface area contributed by atoms with E-state index < -0.39 is 29.1 Å². The molecule has 1 aromatic carbocycles. The molecule has 0 spiro atoms. The first-order valence-corrected chi connectivity index (χ1v) is 6.14. The number of rotatable bonds is 2. The van der Waals surface area contributed by atoms with Crippen LogP contribution in [0.15, 0.2) is 36.7 Å². The summed E-state index contributed by atoms with van der Waals surface area (Å²) in [5, 5.41) is 0. The van der Waals surface area contributed by atoms with Crippen molar-refractivity contribution in [2.75, 3.05) is 5.73 Å². The molecule has 0 aliphatic rings. The number of benzene rings is 1. The van der Waals surface area contributed by atoms with Crippen molar-refractivity contribution in [2.45, 2.75) is 6.18 Å². The summed E-state index contributed by atoms with van der Waals surface area (Å²) < 4.78 is 38.5. The zero-order valence-electron chi connectivity index (χ0n) is 11.4. The quantitative estimate of drug-likeness (QED) is 0.718. The Morgan fingerprint density at radius 3 is 2.26 bits per heavy atom. The molecule has 4 N–H and O–H groups in total. The third-order valence-electron chi connectivity index (χ3n) is 2.71. The lowest BCUT2D eigenvalue weighted by Crippen LogP contribution is -2.42. The van der Waals surface area contributed by atoms with Crippen molar-refractivity contribution in [3.63, 3.8) is 0 Å². The van der Waals surface area contributed by atoms with E-state index in [1.54, 1.807) is 0 Å². The minimum atomic E-state index is -4.70. The fourth-order valence-electron chi connectivity index (χ4n) is 1.69. The molecular formula is C13H10F3N5O2. The van der Waals surface area contributed by atoms with Gasteiger partial charge in [-0.05, 0) is 12.1 Å². The monoisotopic (exact) mass is 325 g/mol. The molecule has 1 heterocycles. The number of halogens is 3. The lowest BCUT2D eigenvalue weighted by atomic mass is 10.1. The van der Waals surface area contributed by atoms with Gasteiger partial charge in [-0.3, -0.25) is 20.4 Å². The number of amides is 2. The molecule has 0 atom stereocenters. The summed E-state index contributed by atoms with van der Waals surface area (Å²) in [6, 6.07) is 4.17. The van der Waals surface area contributed by atoms with Crippen LogP contribution in [0, 0.1) is 0 Å². The van der Waals surface area contributed by atoms with Crippen LogP contribution in [0.3, 0.4) is 0 Å². The molecule has 0 bridgehead atoms. The van der Waals surface area contributed by atoms with Crippen molar-refractivity contribution in [1.82, 2.24) is 20.8 Å². The first kappa shape index (κ1) is 16.2. The van der Waals surface area contributed by atoms with E-state index in [-0.39, 0.29) is 11.5 Å². The van der Waals surface area contributed by atoms with E-state index in [1.165, 1.54) is 18.5 Å². The highest BCUT2D eigenvalue weighted by Gasteiger charge is 2.34. The minimum absolute atomic E-state index is 0.185. The predicted molar refractivity (Wildman–Crippen MR) is 72.8 cm³/mol.